The number of ether oxygens (including phenoxy) is 1. The smallest absolute Gasteiger partial charge is 0.416 e. The van der Waals surface area contributed by atoms with E-state index in [-0.39, 0.29) is 11.9 Å². The molecule has 0 unspecified atom stereocenters. The number of carbonyl (C=O) groups excluding carboxylic acids is 1. The maximum Gasteiger partial charge on any atom is 0.416 e. The number of thioether (sulfide) groups is 1. The predicted octanol–water partition coefficient (Wildman–Crippen LogP) is 3.80. The summed E-state index contributed by atoms with van der Waals surface area (Å²) in [6.45, 7) is 0. The van der Waals surface area contributed by atoms with Gasteiger partial charge in [0.1, 0.15) is 0 Å². The lowest BCUT2D eigenvalue weighted by atomic mass is 10.1. The molecule has 0 aliphatic rings. The molecular weight excluding hydrogens is 333 g/mol. The lowest BCUT2D eigenvalue weighted by Gasteiger charge is -2.05. The quantitative estimate of drug-likeness (QED) is 0.450. The lowest BCUT2D eigenvalue weighted by Crippen LogP contribution is -2.03. The number of nitrogens with zero attached hydrogens (tertiary/aromatic N) is 2. The van der Waals surface area contributed by atoms with E-state index in [1.54, 1.807) is 0 Å². The number of hydrogen-bond donors (Lipinski definition) is 0. The summed E-state index contributed by atoms with van der Waals surface area (Å²) in [5, 5.41) is 7.90. The Balaban J connectivity index is 1.92. The van der Waals surface area contributed by atoms with Gasteiger partial charge in [0.2, 0.25) is 5.89 Å². The fourth-order valence-corrected chi connectivity index (χ4v) is 2.36. The van der Waals surface area contributed by atoms with Crippen LogP contribution in [0.15, 0.2) is 33.9 Å². The summed E-state index contributed by atoms with van der Waals surface area (Å²) in [5.41, 5.74) is -0.329. The number of carbonyl (C=O) groups is 1. The number of benzene rings is 1. The first-order valence-corrected chi connectivity index (χ1v) is 7.59. The first-order chi connectivity index (χ1) is 10.9. The maximum absolute atomic E-state index is 12.5. The Morgan fingerprint density at radius 2 is 1.96 bits per heavy atom. The highest BCUT2D eigenvalue weighted by molar-refractivity contribution is 7.99. The number of methoxy groups -OCH3 is 1. The molecule has 0 saturated heterocycles. The van der Waals surface area contributed by atoms with Gasteiger partial charge in [0, 0.05) is 17.7 Å². The molecule has 0 N–H and O–H groups in total. The molecule has 0 bridgehead atoms. The summed E-state index contributed by atoms with van der Waals surface area (Å²) < 4.78 is 47.4. The van der Waals surface area contributed by atoms with Crippen LogP contribution in [0.5, 0.6) is 0 Å². The normalized spacial score (nSPS) is 11.5. The molecule has 0 atom stereocenters. The zero-order valence-corrected chi connectivity index (χ0v) is 12.9. The standard InChI is InChI=1S/C14H13F3N2O3S/c1-21-11(20)3-2-8-23-13-19-18-12(22-13)9-4-6-10(7-5-9)14(15,16)17/h4-7H,2-3,8H2,1H3. The van der Waals surface area contributed by atoms with E-state index in [0.717, 1.165) is 12.1 Å². The molecule has 9 heteroatoms. The number of hydrogen-bond acceptors (Lipinski definition) is 6. The predicted molar refractivity (Wildman–Crippen MR) is 76.7 cm³/mol. The Labute approximate surface area is 134 Å². The van der Waals surface area contributed by atoms with E-state index in [2.05, 4.69) is 14.9 Å². The van der Waals surface area contributed by atoms with E-state index in [1.165, 1.54) is 31.0 Å². The van der Waals surface area contributed by atoms with Gasteiger partial charge in [0.05, 0.1) is 12.7 Å². The van der Waals surface area contributed by atoms with Crippen LogP contribution in [-0.4, -0.2) is 29.0 Å². The van der Waals surface area contributed by atoms with Crippen molar-refractivity contribution >= 4 is 17.7 Å². The molecule has 2 aromatic rings. The summed E-state index contributed by atoms with van der Waals surface area (Å²) in [6, 6.07) is 4.48. The molecule has 1 aromatic heterocycles. The highest BCUT2D eigenvalue weighted by Crippen LogP contribution is 2.31. The fraction of sp³-hybridized carbons (Fsp3) is 0.357. The molecule has 1 heterocycles. The van der Waals surface area contributed by atoms with E-state index in [0.29, 0.717) is 29.4 Å². The molecule has 1 aromatic carbocycles. The van der Waals surface area contributed by atoms with Crippen LogP contribution in [0, 0.1) is 0 Å². The highest BCUT2D eigenvalue weighted by Gasteiger charge is 2.30. The maximum atomic E-state index is 12.5. The molecule has 0 aliphatic carbocycles. The van der Waals surface area contributed by atoms with E-state index < -0.39 is 11.7 Å². The zero-order chi connectivity index (χ0) is 16.9. The largest absolute Gasteiger partial charge is 0.469 e. The van der Waals surface area contributed by atoms with Crippen LogP contribution >= 0.6 is 11.8 Å². The number of rotatable bonds is 6. The second kappa shape index (κ2) is 7.49. The molecule has 0 spiro atoms. The van der Waals surface area contributed by atoms with Crippen LogP contribution in [0.3, 0.4) is 0 Å². The van der Waals surface area contributed by atoms with Crippen LogP contribution in [0.2, 0.25) is 0 Å². The van der Waals surface area contributed by atoms with Crippen molar-refractivity contribution in [3.05, 3.63) is 29.8 Å². The molecule has 0 saturated carbocycles. The van der Waals surface area contributed by atoms with Crippen molar-refractivity contribution in [3.63, 3.8) is 0 Å². The van der Waals surface area contributed by atoms with Crippen molar-refractivity contribution in [2.45, 2.75) is 24.2 Å². The number of alkyl halides is 3. The average molecular weight is 346 g/mol. The third-order valence-corrected chi connectivity index (χ3v) is 3.75. The van der Waals surface area contributed by atoms with Crippen molar-refractivity contribution in [2.24, 2.45) is 0 Å². The summed E-state index contributed by atoms with van der Waals surface area (Å²) in [7, 11) is 1.32. The number of aromatic nitrogens is 2. The molecule has 0 fully saturated rings. The summed E-state index contributed by atoms with van der Waals surface area (Å²) >= 11 is 1.27. The van der Waals surface area contributed by atoms with Gasteiger partial charge in [-0.2, -0.15) is 13.2 Å². The first kappa shape index (κ1) is 17.3. The first-order valence-electron chi connectivity index (χ1n) is 6.61. The summed E-state index contributed by atoms with van der Waals surface area (Å²) in [5.74, 6) is 0.444. The molecular formula is C14H13F3N2O3S. The zero-order valence-electron chi connectivity index (χ0n) is 12.1. The van der Waals surface area contributed by atoms with Crippen molar-refractivity contribution in [3.8, 4) is 11.5 Å². The Bertz CT molecular complexity index is 656. The second-order valence-corrected chi connectivity index (χ2v) is 5.52. The van der Waals surface area contributed by atoms with E-state index >= 15 is 0 Å². The molecule has 5 nitrogen and oxygen atoms in total. The fourth-order valence-electron chi connectivity index (χ4n) is 1.66. The van der Waals surface area contributed by atoms with Gasteiger partial charge in [-0.3, -0.25) is 4.79 Å². The molecule has 0 amide bonds. The van der Waals surface area contributed by atoms with Gasteiger partial charge in [-0.05, 0) is 30.7 Å². The summed E-state index contributed by atoms with van der Waals surface area (Å²) in [4.78, 5) is 10.9. The summed E-state index contributed by atoms with van der Waals surface area (Å²) in [6.07, 6.45) is -3.49. The van der Waals surface area contributed by atoms with Crippen LogP contribution in [0.4, 0.5) is 13.2 Å². The van der Waals surface area contributed by atoms with Crippen LogP contribution < -0.4 is 0 Å². The van der Waals surface area contributed by atoms with Gasteiger partial charge < -0.3 is 9.15 Å². The third-order valence-electron chi connectivity index (χ3n) is 2.84. The SMILES string of the molecule is COC(=O)CCCSc1nnc(-c2ccc(C(F)(F)F)cc2)o1. The monoisotopic (exact) mass is 346 g/mol. The van der Waals surface area contributed by atoms with Crippen molar-refractivity contribution in [1.29, 1.82) is 0 Å². The Hall–Kier alpha value is -2.03. The molecule has 0 aliphatic heterocycles. The minimum absolute atomic E-state index is 0.147. The highest BCUT2D eigenvalue weighted by atomic mass is 32.2. The van der Waals surface area contributed by atoms with Crippen molar-refractivity contribution < 1.29 is 27.1 Å². The number of esters is 1. The molecule has 0 radical (unpaired) electrons. The molecule has 2 rings (SSSR count). The minimum atomic E-state index is -4.38. The molecule has 23 heavy (non-hydrogen) atoms. The second-order valence-electron chi connectivity index (χ2n) is 4.48. The van der Waals surface area contributed by atoms with Crippen molar-refractivity contribution in [2.75, 3.05) is 12.9 Å². The number of halogens is 3. The molecule has 124 valence electrons. The topological polar surface area (TPSA) is 65.2 Å². The third kappa shape index (κ3) is 4.98. The minimum Gasteiger partial charge on any atom is -0.469 e. The van der Waals surface area contributed by atoms with Gasteiger partial charge in [0.15, 0.2) is 0 Å². The Kier molecular flexibility index (Phi) is 5.64. The Morgan fingerprint density at radius 3 is 2.57 bits per heavy atom. The van der Waals surface area contributed by atoms with Crippen LogP contribution in [0.1, 0.15) is 18.4 Å². The van der Waals surface area contributed by atoms with Gasteiger partial charge in [-0.15, -0.1) is 10.2 Å². The van der Waals surface area contributed by atoms with Crippen LogP contribution in [0.25, 0.3) is 11.5 Å². The van der Waals surface area contributed by atoms with Crippen molar-refractivity contribution in [1.82, 2.24) is 10.2 Å². The van der Waals surface area contributed by atoms with Crippen LogP contribution in [-0.2, 0) is 15.7 Å². The van der Waals surface area contributed by atoms with Gasteiger partial charge in [-0.1, -0.05) is 11.8 Å². The van der Waals surface area contributed by atoms with E-state index in [1.807, 2.05) is 0 Å². The lowest BCUT2D eigenvalue weighted by molar-refractivity contribution is -0.140. The Morgan fingerprint density at radius 1 is 1.26 bits per heavy atom. The van der Waals surface area contributed by atoms with Gasteiger partial charge in [0.25, 0.3) is 5.22 Å². The van der Waals surface area contributed by atoms with E-state index in [4.69, 9.17) is 4.42 Å². The van der Waals surface area contributed by atoms with Gasteiger partial charge in [-0.25, -0.2) is 0 Å². The van der Waals surface area contributed by atoms with Gasteiger partial charge >= 0.3 is 12.1 Å². The average Bonchev–Trinajstić information content (AvgIpc) is 2.99. The van der Waals surface area contributed by atoms with E-state index in [9.17, 15) is 18.0 Å².